The molecule has 3 nitrogen and oxygen atoms in total. The first kappa shape index (κ1) is 13.5. The number of halogens is 1. The average molecular weight is 268 g/mol. The van der Waals surface area contributed by atoms with Crippen molar-refractivity contribution in [3.63, 3.8) is 0 Å². The number of ether oxygens (including phenoxy) is 1. The lowest BCUT2D eigenvalue weighted by Gasteiger charge is -2.34. The van der Waals surface area contributed by atoms with Gasteiger partial charge in [-0.2, -0.15) is 0 Å². The molecule has 0 N–H and O–H groups in total. The molecule has 0 saturated carbocycles. The maximum Gasteiger partial charge on any atom is 0.192 e. The van der Waals surface area contributed by atoms with E-state index >= 15 is 0 Å². The lowest BCUT2D eigenvalue weighted by molar-refractivity contribution is -0.0256. The summed E-state index contributed by atoms with van der Waals surface area (Å²) < 4.78 is 5.58. The van der Waals surface area contributed by atoms with E-state index in [4.69, 9.17) is 16.3 Å². The van der Waals surface area contributed by atoms with Gasteiger partial charge in [0.25, 0.3) is 0 Å². The van der Waals surface area contributed by atoms with Crippen LogP contribution < -0.4 is 0 Å². The Morgan fingerprint density at radius 3 is 2.94 bits per heavy atom. The topological polar surface area (TPSA) is 29.5 Å². The summed E-state index contributed by atoms with van der Waals surface area (Å²) in [5.41, 5.74) is 0.623. The van der Waals surface area contributed by atoms with Crippen LogP contribution in [0, 0.1) is 0 Å². The highest BCUT2D eigenvalue weighted by atomic mass is 35.5. The van der Waals surface area contributed by atoms with Crippen LogP contribution in [-0.2, 0) is 4.74 Å². The number of hydrogen-bond acceptors (Lipinski definition) is 3. The van der Waals surface area contributed by atoms with Crippen LogP contribution in [0.4, 0.5) is 0 Å². The van der Waals surface area contributed by atoms with Crippen LogP contribution in [0.1, 0.15) is 24.2 Å². The van der Waals surface area contributed by atoms with Crippen molar-refractivity contribution in [2.24, 2.45) is 0 Å². The predicted octanol–water partition coefficient (Wildman–Crippen LogP) is 2.63. The largest absolute Gasteiger partial charge is 0.367 e. The third kappa shape index (κ3) is 3.10. The van der Waals surface area contributed by atoms with Gasteiger partial charge in [-0.05, 0) is 26.0 Å². The Kier molecular flexibility index (Phi) is 4.38. The molecular weight excluding hydrogens is 250 g/mol. The van der Waals surface area contributed by atoms with Crippen LogP contribution in [-0.4, -0.2) is 42.5 Å². The van der Waals surface area contributed by atoms with E-state index in [9.17, 15) is 4.79 Å². The minimum atomic E-state index is -0.375. The second-order valence-electron chi connectivity index (χ2n) is 4.82. The second-order valence-corrected chi connectivity index (χ2v) is 5.26. The summed E-state index contributed by atoms with van der Waals surface area (Å²) in [6.45, 7) is 6.41. The Labute approximate surface area is 113 Å². The molecule has 1 aliphatic rings. The number of morpholine rings is 1. The molecule has 1 atom stereocenters. The van der Waals surface area contributed by atoms with Crippen LogP contribution >= 0.6 is 11.6 Å². The lowest BCUT2D eigenvalue weighted by Crippen LogP contribution is -2.48. The van der Waals surface area contributed by atoms with E-state index < -0.39 is 0 Å². The molecule has 18 heavy (non-hydrogen) atoms. The van der Waals surface area contributed by atoms with E-state index in [1.54, 1.807) is 24.3 Å². The molecular formula is C14H18ClNO2. The normalized spacial score (nSPS) is 21.2. The third-order valence-electron chi connectivity index (χ3n) is 3.23. The smallest absolute Gasteiger partial charge is 0.192 e. The highest BCUT2D eigenvalue weighted by Crippen LogP contribution is 2.16. The van der Waals surface area contributed by atoms with E-state index in [-0.39, 0.29) is 11.9 Å². The zero-order chi connectivity index (χ0) is 13.1. The first-order valence-electron chi connectivity index (χ1n) is 6.23. The Morgan fingerprint density at radius 1 is 1.50 bits per heavy atom. The fourth-order valence-corrected chi connectivity index (χ4v) is 2.31. The summed E-state index contributed by atoms with van der Waals surface area (Å²) in [6.07, 6.45) is -0.375. The minimum absolute atomic E-state index is 0.0165. The van der Waals surface area contributed by atoms with E-state index in [0.29, 0.717) is 29.8 Å². The van der Waals surface area contributed by atoms with E-state index in [2.05, 4.69) is 18.7 Å². The van der Waals surface area contributed by atoms with Crippen molar-refractivity contribution >= 4 is 17.4 Å². The standard InChI is InChI=1S/C14H18ClNO2/c1-10(2)16-6-7-18-13(9-16)14(17)11-4-3-5-12(15)8-11/h3-5,8,10,13H,6-7,9H2,1-2H3. The van der Waals surface area contributed by atoms with Crippen LogP contribution in [0.5, 0.6) is 0 Å². The molecule has 0 bridgehead atoms. The van der Waals surface area contributed by atoms with Crippen molar-refractivity contribution in [1.29, 1.82) is 0 Å². The van der Waals surface area contributed by atoms with E-state index in [1.807, 2.05) is 0 Å². The summed E-state index contributed by atoms with van der Waals surface area (Å²) in [6, 6.07) is 7.47. The molecule has 0 radical (unpaired) electrons. The van der Waals surface area contributed by atoms with Crippen molar-refractivity contribution in [3.05, 3.63) is 34.9 Å². The third-order valence-corrected chi connectivity index (χ3v) is 3.46. The fourth-order valence-electron chi connectivity index (χ4n) is 2.12. The van der Waals surface area contributed by atoms with Gasteiger partial charge in [0.1, 0.15) is 6.10 Å². The molecule has 98 valence electrons. The number of carbonyl (C=O) groups is 1. The molecule has 2 rings (SSSR count). The van der Waals surface area contributed by atoms with Crippen LogP contribution in [0.25, 0.3) is 0 Å². The lowest BCUT2D eigenvalue weighted by atomic mass is 10.0. The Balaban J connectivity index is 2.09. The summed E-state index contributed by atoms with van der Waals surface area (Å²) in [7, 11) is 0. The molecule has 1 aromatic carbocycles. The van der Waals surface area contributed by atoms with Crippen molar-refractivity contribution < 1.29 is 9.53 Å². The van der Waals surface area contributed by atoms with Gasteiger partial charge in [-0.1, -0.05) is 23.7 Å². The van der Waals surface area contributed by atoms with Gasteiger partial charge in [-0.3, -0.25) is 9.69 Å². The highest BCUT2D eigenvalue weighted by Gasteiger charge is 2.28. The van der Waals surface area contributed by atoms with Crippen molar-refractivity contribution in [3.8, 4) is 0 Å². The molecule has 4 heteroatoms. The minimum Gasteiger partial charge on any atom is -0.367 e. The molecule has 1 heterocycles. The number of ketones is 1. The summed E-state index contributed by atoms with van der Waals surface area (Å²) >= 11 is 5.90. The first-order valence-corrected chi connectivity index (χ1v) is 6.61. The van der Waals surface area contributed by atoms with Gasteiger partial charge in [0, 0.05) is 29.7 Å². The van der Waals surface area contributed by atoms with E-state index in [0.717, 1.165) is 6.54 Å². The van der Waals surface area contributed by atoms with Gasteiger partial charge >= 0.3 is 0 Å². The number of Topliss-reactive ketones (excluding diaryl/α,β-unsaturated/α-hetero) is 1. The maximum atomic E-state index is 12.3. The first-order chi connectivity index (χ1) is 8.58. The number of carbonyl (C=O) groups excluding carboxylic acids is 1. The second kappa shape index (κ2) is 5.83. The zero-order valence-electron chi connectivity index (χ0n) is 10.7. The molecule has 0 aromatic heterocycles. The Bertz CT molecular complexity index is 434. The van der Waals surface area contributed by atoms with Crippen molar-refractivity contribution in [2.75, 3.05) is 19.7 Å². The van der Waals surface area contributed by atoms with Crippen LogP contribution in [0.3, 0.4) is 0 Å². The molecule has 1 aliphatic heterocycles. The van der Waals surface area contributed by atoms with Crippen LogP contribution in [0.15, 0.2) is 24.3 Å². The number of nitrogens with zero attached hydrogens (tertiary/aromatic N) is 1. The van der Waals surface area contributed by atoms with Gasteiger partial charge < -0.3 is 4.74 Å². The van der Waals surface area contributed by atoms with Gasteiger partial charge in [-0.25, -0.2) is 0 Å². The molecule has 0 aliphatic carbocycles. The summed E-state index contributed by atoms with van der Waals surface area (Å²) in [4.78, 5) is 14.6. The van der Waals surface area contributed by atoms with Crippen molar-refractivity contribution in [2.45, 2.75) is 26.0 Å². The Morgan fingerprint density at radius 2 is 2.28 bits per heavy atom. The molecule has 1 saturated heterocycles. The fraction of sp³-hybridized carbons (Fsp3) is 0.500. The van der Waals surface area contributed by atoms with Crippen LogP contribution in [0.2, 0.25) is 5.02 Å². The molecule has 1 unspecified atom stereocenters. The quantitative estimate of drug-likeness (QED) is 0.789. The number of rotatable bonds is 3. The maximum absolute atomic E-state index is 12.3. The summed E-state index contributed by atoms with van der Waals surface area (Å²) in [5.74, 6) is 0.0165. The SMILES string of the molecule is CC(C)N1CCOC(C(=O)c2cccc(Cl)c2)C1. The molecule has 0 amide bonds. The molecule has 1 fully saturated rings. The zero-order valence-corrected chi connectivity index (χ0v) is 11.5. The number of benzene rings is 1. The molecule has 0 spiro atoms. The summed E-state index contributed by atoms with van der Waals surface area (Å²) in [5, 5.41) is 0.581. The monoisotopic (exact) mass is 267 g/mol. The Hall–Kier alpha value is -0.900. The van der Waals surface area contributed by atoms with Crippen molar-refractivity contribution in [1.82, 2.24) is 4.90 Å². The van der Waals surface area contributed by atoms with Gasteiger partial charge in [-0.15, -0.1) is 0 Å². The molecule has 1 aromatic rings. The van der Waals surface area contributed by atoms with Gasteiger partial charge in [0.15, 0.2) is 5.78 Å². The highest BCUT2D eigenvalue weighted by molar-refractivity contribution is 6.31. The predicted molar refractivity (Wildman–Crippen MR) is 72.2 cm³/mol. The number of hydrogen-bond donors (Lipinski definition) is 0. The van der Waals surface area contributed by atoms with E-state index in [1.165, 1.54) is 0 Å². The van der Waals surface area contributed by atoms with Gasteiger partial charge in [0.05, 0.1) is 6.61 Å². The average Bonchev–Trinajstić information content (AvgIpc) is 2.38. The van der Waals surface area contributed by atoms with Gasteiger partial charge in [0.2, 0.25) is 0 Å².